The van der Waals surface area contributed by atoms with Crippen LogP contribution in [-0.2, 0) is 10.3 Å². The van der Waals surface area contributed by atoms with E-state index in [-0.39, 0.29) is 31.3 Å². The highest BCUT2D eigenvalue weighted by Crippen LogP contribution is 2.45. The van der Waals surface area contributed by atoms with Gasteiger partial charge in [-0.2, -0.15) is 0 Å². The number of ether oxygens (including phenoxy) is 1. The largest absolute Gasteiger partial charge is 0.501 e. The molecule has 4 N–H and O–H groups in total. The molecule has 1 aromatic heterocycles. The molecule has 10 nitrogen and oxygen atoms in total. The van der Waals surface area contributed by atoms with Gasteiger partial charge in [0.25, 0.3) is 11.5 Å². The molecule has 0 aliphatic heterocycles. The minimum atomic E-state index is -1.18. The highest BCUT2D eigenvalue weighted by molar-refractivity contribution is 5.94. The van der Waals surface area contributed by atoms with Crippen molar-refractivity contribution in [1.29, 1.82) is 0 Å². The number of aromatic amines is 1. The third kappa shape index (κ3) is 6.56. The molecule has 0 saturated heterocycles. The zero-order valence-electron chi connectivity index (χ0n) is 20.4. The Morgan fingerprint density at radius 3 is 2.66 bits per heavy atom. The van der Waals surface area contributed by atoms with Crippen molar-refractivity contribution in [2.24, 2.45) is 5.92 Å². The lowest BCUT2D eigenvalue weighted by Gasteiger charge is -2.38. The topological polar surface area (TPSA) is 145 Å². The Bertz CT molecular complexity index is 1070. The van der Waals surface area contributed by atoms with E-state index in [1.807, 2.05) is 0 Å². The Labute approximate surface area is 203 Å². The lowest BCUT2D eigenvalue weighted by atomic mass is 9.92. The van der Waals surface area contributed by atoms with Gasteiger partial charge < -0.3 is 25.3 Å². The smallest absolute Gasteiger partial charge is 0.410 e. The van der Waals surface area contributed by atoms with Gasteiger partial charge >= 0.3 is 6.09 Å². The first-order valence-electron chi connectivity index (χ1n) is 11.2. The minimum absolute atomic E-state index is 0.00499. The monoisotopic (exact) mass is 492 g/mol. The van der Waals surface area contributed by atoms with Gasteiger partial charge in [0.15, 0.2) is 5.69 Å². The number of aromatic hydroxyl groups is 1. The van der Waals surface area contributed by atoms with E-state index in [9.17, 15) is 29.0 Å². The molecule has 2 unspecified atom stereocenters. The summed E-state index contributed by atoms with van der Waals surface area (Å²) in [7, 11) is 1.50. The van der Waals surface area contributed by atoms with Crippen LogP contribution in [0.25, 0.3) is 0 Å². The highest BCUT2D eigenvalue weighted by Gasteiger charge is 2.49. The Morgan fingerprint density at radius 2 is 2.11 bits per heavy atom. The van der Waals surface area contributed by atoms with Gasteiger partial charge in [0, 0.05) is 20.2 Å². The fourth-order valence-corrected chi connectivity index (χ4v) is 3.93. The van der Waals surface area contributed by atoms with Crippen molar-refractivity contribution in [3.63, 3.8) is 0 Å². The standard InChI is InChI=1S/C24H33FN4O6/c1-6-15(8-7-11-25)13-26-19(32)17-18(31)20(33)28-21(27-17)24(10-9-16(12-24)14-30)29(5)22(34)35-23(2,3)4/h6-8,11,16,30-31H,1,9-10,12-14H2,2-5H3,(H,26,32)(H,27,28,33). The molecule has 1 fully saturated rings. The SMILES string of the molecule is C=CC(=CC=CF)CNC(=O)c1nc(C2(N(C)C(=O)OC(C)(C)C)CCC(CO)C2)[nH]c(=O)c1O. The quantitative estimate of drug-likeness (QED) is 0.408. The van der Waals surface area contributed by atoms with Crippen LogP contribution < -0.4 is 10.9 Å². The number of hydrogen-bond acceptors (Lipinski definition) is 7. The molecule has 192 valence electrons. The van der Waals surface area contributed by atoms with Crippen LogP contribution in [0.2, 0.25) is 0 Å². The summed E-state index contributed by atoms with van der Waals surface area (Å²) in [5.41, 5.74) is -2.98. The molecule has 11 heteroatoms. The van der Waals surface area contributed by atoms with Crippen LogP contribution in [0.4, 0.5) is 9.18 Å². The van der Waals surface area contributed by atoms with Gasteiger partial charge in [-0.25, -0.2) is 14.2 Å². The number of nitrogens with one attached hydrogen (secondary N) is 2. The minimum Gasteiger partial charge on any atom is -0.501 e. The summed E-state index contributed by atoms with van der Waals surface area (Å²) in [4.78, 5) is 46.4. The summed E-state index contributed by atoms with van der Waals surface area (Å²) in [5, 5.41) is 22.5. The molecule has 0 radical (unpaired) electrons. The van der Waals surface area contributed by atoms with Gasteiger partial charge in [0.05, 0.1) is 6.33 Å². The first-order valence-corrected chi connectivity index (χ1v) is 11.2. The molecule has 1 aromatic rings. The Kier molecular flexibility index (Phi) is 8.97. The van der Waals surface area contributed by atoms with Crippen molar-refractivity contribution in [1.82, 2.24) is 20.2 Å². The molecule has 0 aromatic carbocycles. The predicted octanol–water partition coefficient (Wildman–Crippen LogP) is 2.66. The molecule has 2 amide bonds. The third-order valence-corrected chi connectivity index (χ3v) is 5.81. The van der Waals surface area contributed by atoms with Crippen molar-refractivity contribution in [2.45, 2.75) is 51.2 Å². The number of nitrogens with zero attached hydrogens (tertiary/aromatic N) is 2. The first-order chi connectivity index (χ1) is 16.4. The zero-order valence-corrected chi connectivity index (χ0v) is 20.4. The van der Waals surface area contributed by atoms with Crippen LogP contribution in [0.5, 0.6) is 5.75 Å². The number of aromatic nitrogens is 2. The summed E-state index contributed by atoms with van der Waals surface area (Å²) in [6.07, 6.45) is 4.71. The average Bonchev–Trinajstić information content (AvgIpc) is 3.24. The van der Waals surface area contributed by atoms with Gasteiger partial charge in [-0.1, -0.05) is 18.7 Å². The molecule has 1 heterocycles. The van der Waals surface area contributed by atoms with Crippen molar-refractivity contribution in [3.8, 4) is 5.75 Å². The van der Waals surface area contributed by atoms with Crippen molar-refractivity contribution >= 4 is 12.0 Å². The number of rotatable bonds is 8. The summed E-state index contributed by atoms with van der Waals surface area (Å²) in [6.45, 7) is 8.53. The second-order valence-electron chi connectivity index (χ2n) is 9.42. The van der Waals surface area contributed by atoms with E-state index in [1.54, 1.807) is 20.8 Å². The van der Waals surface area contributed by atoms with Gasteiger partial charge in [-0.3, -0.25) is 14.5 Å². The number of carbonyl (C=O) groups is 2. The van der Waals surface area contributed by atoms with Crippen molar-refractivity contribution in [2.75, 3.05) is 20.2 Å². The molecule has 2 atom stereocenters. The number of carbonyl (C=O) groups excluding carboxylic acids is 2. The Hall–Kier alpha value is -3.47. The van der Waals surface area contributed by atoms with Crippen molar-refractivity contribution in [3.05, 3.63) is 58.6 Å². The molecule has 1 saturated carbocycles. The second-order valence-corrected chi connectivity index (χ2v) is 9.42. The van der Waals surface area contributed by atoms with Crippen molar-refractivity contribution < 1.29 is 28.9 Å². The van der Waals surface area contributed by atoms with E-state index in [2.05, 4.69) is 21.9 Å². The van der Waals surface area contributed by atoms with Gasteiger partial charge in [-0.15, -0.1) is 0 Å². The molecule has 1 aliphatic rings. The number of aliphatic hydroxyl groups excluding tert-OH is 1. The van der Waals surface area contributed by atoms with E-state index in [0.717, 1.165) is 6.08 Å². The van der Waals surface area contributed by atoms with Gasteiger partial charge in [0.1, 0.15) is 17.0 Å². The maximum atomic E-state index is 12.9. The molecule has 0 spiro atoms. The molecular weight excluding hydrogens is 459 g/mol. The number of hydrogen-bond donors (Lipinski definition) is 4. The molecular formula is C24H33FN4O6. The number of aliphatic hydroxyl groups is 1. The second kappa shape index (κ2) is 11.3. The van der Waals surface area contributed by atoms with E-state index >= 15 is 0 Å². The fraction of sp³-hybridized carbons (Fsp3) is 0.500. The fourth-order valence-electron chi connectivity index (χ4n) is 3.93. The van der Waals surface area contributed by atoms with Crippen LogP contribution >= 0.6 is 0 Å². The lowest BCUT2D eigenvalue weighted by Crippen LogP contribution is -2.49. The summed E-state index contributed by atoms with van der Waals surface area (Å²) in [5.74, 6) is -1.92. The Morgan fingerprint density at radius 1 is 1.43 bits per heavy atom. The highest BCUT2D eigenvalue weighted by atomic mass is 19.1. The summed E-state index contributed by atoms with van der Waals surface area (Å²) >= 11 is 0. The van der Waals surface area contributed by atoms with Gasteiger partial charge in [-0.05, 0) is 57.6 Å². The number of halogens is 1. The van der Waals surface area contributed by atoms with E-state index in [1.165, 1.54) is 24.1 Å². The molecule has 1 aliphatic carbocycles. The molecule has 35 heavy (non-hydrogen) atoms. The van der Waals surface area contributed by atoms with Crippen LogP contribution in [0, 0.1) is 5.92 Å². The predicted molar refractivity (Wildman–Crippen MR) is 127 cm³/mol. The van der Waals surface area contributed by atoms with E-state index < -0.39 is 40.1 Å². The van der Waals surface area contributed by atoms with Crippen LogP contribution in [0.15, 0.2) is 41.5 Å². The maximum Gasteiger partial charge on any atom is 0.410 e. The molecule has 0 bridgehead atoms. The van der Waals surface area contributed by atoms with E-state index in [4.69, 9.17) is 4.74 Å². The summed E-state index contributed by atoms with van der Waals surface area (Å²) in [6, 6.07) is 0. The lowest BCUT2D eigenvalue weighted by molar-refractivity contribution is 0.00131. The molecule has 2 rings (SSSR count). The zero-order chi connectivity index (χ0) is 26.4. The van der Waals surface area contributed by atoms with Crippen LogP contribution in [-0.4, -0.2) is 62.9 Å². The van der Waals surface area contributed by atoms with E-state index in [0.29, 0.717) is 24.7 Å². The van der Waals surface area contributed by atoms with Crippen LogP contribution in [0.3, 0.4) is 0 Å². The number of amides is 2. The van der Waals surface area contributed by atoms with Crippen LogP contribution in [0.1, 0.15) is 56.3 Å². The normalized spacial score (nSPS) is 20.6. The summed E-state index contributed by atoms with van der Waals surface area (Å²) < 4.78 is 17.8. The Balaban J connectivity index is 2.49. The maximum absolute atomic E-state index is 12.9. The number of H-pyrrole nitrogens is 1. The third-order valence-electron chi connectivity index (χ3n) is 5.81. The number of allylic oxidation sites excluding steroid dienone is 2. The first kappa shape index (κ1) is 27.8. The van der Waals surface area contributed by atoms with Gasteiger partial charge in [0.2, 0.25) is 5.75 Å². The average molecular weight is 493 g/mol.